The van der Waals surface area contributed by atoms with Gasteiger partial charge in [0.05, 0.1) is 21.8 Å². The van der Waals surface area contributed by atoms with Gasteiger partial charge in [0.15, 0.2) is 0 Å². The van der Waals surface area contributed by atoms with Crippen LogP contribution < -0.4 is 4.72 Å². The molecule has 5 heteroatoms. The van der Waals surface area contributed by atoms with Crippen LogP contribution >= 0.6 is 11.3 Å². The maximum Gasteiger partial charge on any atom is 0.123 e. The highest BCUT2D eigenvalue weighted by Crippen LogP contribution is 2.30. The van der Waals surface area contributed by atoms with E-state index in [1.54, 1.807) is 17.4 Å². The van der Waals surface area contributed by atoms with E-state index in [0.717, 1.165) is 15.0 Å². The summed E-state index contributed by atoms with van der Waals surface area (Å²) in [6.07, 6.45) is 0. The summed E-state index contributed by atoms with van der Waals surface area (Å²) in [4.78, 5) is 1.07. The second-order valence-corrected chi connectivity index (χ2v) is 8.66. The van der Waals surface area contributed by atoms with Crippen LogP contribution in [0.5, 0.6) is 0 Å². The third kappa shape index (κ3) is 3.41. The van der Waals surface area contributed by atoms with Gasteiger partial charge in [0.25, 0.3) is 0 Å². The summed E-state index contributed by atoms with van der Waals surface area (Å²) in [5.74, 6) is -0.226. The minimum atomic E-state index is -1.11. The van der Waals surface area contributed by atoms with Gasteiger partial charge < -0.3 is 0 Å². The van der Waals surface area contributed by atoms with Crippen molar-refractivity contribution in [3.05, 3.63) is 35.0 Å². The van der Waals surface area contributed by atoms with Gasteiger partial charge in [-0.05, 0) is 57.3 Å². The first kappa shape index (κ1) is 14.6. The van der Waals surface area contributed by atoms with Crippen LogP contribution in [0.1, 0.15) is 38.6 Å². The van der Waals surface area contributed by atoms with E-state index in [1.165, 1.54) is 12.1 Å². The van der Waals surface area contributed by atoms with Gasteiger partial charge in [-0.25, -0.2) is 13.3 Å². The Hall–Kier alpha value is -0.780. The molecule has 2 rings (SSSR count). The summed E-state index contributed by atoms with van der Waals surface area (Å²) in [5.41, 5.74) is 0. The van der Waals surface area contributed by atoms with E-state index in [4.69, 9.17) is 0 Å². The van der Waals surface area contributed by atoms with Crippen molar-refractivity contribution in [2.24, 2.45) is 0 Å². The topological polar surface area (TPSA) is 29.1 Å². The Morgan fingerprint density at radius 1 is 1.32 bits per heavy atom. The molecule has 2 aromatic rings. The molecule has 1 unspecified atom stereocenters. The molecule has 0 aliphatic heterocycles. The summed E-state index contributed by atoms with van der Waals surface area (Å²) in [7, 11) is -1.11. The monoisotopic (exact) mass is 299 g/mol. The largest absolute Gasteiger partial charge is 0.242 e. The minimum Gasteiger partial charge on any atom is -0.242 e. The lowest BCUT2D eigenvalue weighted by Crippen LogP contribution is -2.34. The van der Waals surface area contributed by atoms with Gasteiger partial charge in [-0.2, -0.15) is 0 Å². The quantitative estimate of drug-likeness (QED) is 0.906. The maximum atomic E-state index is 13.2. The average molecular weight is 299 g/mol. The van der Waals surface area contributed by atoms with Crippen LogP contribution in [-0.4, -0.2) is 8.96 Å². The Morgan fingerprint density at radius 3 is 2.63 bits per heavy atom. The fourth-order valence-corrected chi connectivity index (χ4v) is 3.57. The molecule has 0 aliphatic rings. The number of rotatable bonds is 3. The third-order valence-corrected chi connectivity index (χ3v) is 5.74. The standard InChI is InChI=1S/C14H18FNOS2/c1-9(16-19(17)14(2,3)4)13-8-10-7-11(15)5-6-12(10)18-13/h5-9,16H,1-4H3/t9-,19?/m1/s1. The average Bonchev–Trinajstić information content (AvgIpc) is 2.70. The van der Waals surface area contributed by atoms with Gasteiger partial charge in [0, 0.05) is 9.58 Å². The first-order chi connectivity index (χ1) is 8.77. The maximum absolute atomic E-state index is 13.2. The second-order valence-electron chi connectivity index (χ2n) is 5.55. The first-order valence-corrected chi connectivity index (χ1v) is 8.11. The highest BCUT2D eigenvalue weighted by molar-refractivity contribution is 7.84. The fourth-order valence-electron chi connectivity index (χ4n) is 1.64. The van der Waals surface area contributed by atoms with Crippen molar-refractivity contribution in [1.29, 1.82) is 0 Å². The van der Waals surface area contributed by atoms with Crippen molar-refractivity contribution >= 4 is 32.4 Å². The summed E-state index contributed by atoms with van der Waals surface area (Å²) < 4.78 is 29.1. The summed E-state index contributed by atoms with van der Waals surface area (Å²) >= 11 is 1.60. The molecule has 1 aromatic heterocycles. The van der Waals surface area contributed by atoms with Crippen molar-refractivity contribution in [3.8, 4) is 0 Å². The lowest BCUT2D eigenvalue weighted by molar-refractivity contribution is 0.618. The molecule has 0 aliphatic carbocycles. The summed E-state index contributed by atoms with van der Waals surface area (Å²) in [5, 5.41) is 0.898. The first-order valence-electron chi connectivity index (χ1n) is 6.14. The van der Waals surface area contributed by atoms with Crippen LogP contribution in [0.3, 0.4) is 0 Å². The molecule has 0 spiro atoms. The molecule has 104 valence electrons. The molecule has 0 bridgehead atoms. The number of halogens is 1. The lowest BCUT2D eigenvalue weighted by atomic mass is 10.2. The highest BCUT2D eigenvalue weighted by Gasteiger charge is 2.22. The van der Waals surface area contributed by atoms with E-state index in [1.807, 2.05) is 33.8 Å². The van der Waals surface area contributed by atoms with Crippen LogP contribution in [-0.2, 0) is 11.0 Å². The minimum absolute atomic E-state index is 0.0134. The number of nitrogens with one attached hydrogen (secondary N) is 1. The van der Waals surface area contributed by atoms with Crippen LogP contribution in [0.4, 0.5) is 4.39 Å². The second kappa shape index (κ2) is 5.31. The van der Waals surface area contributed by atoms with Crippen molar-refractivity contribution in [2.45, 2.75) is 38.5 Å². The molecule has 0 fully saturated rings. The van der Waals surface area contributed by atoms with E-state index in [9.17, 15) is 8.60 Å². The van der Waals surface area contributed by atoms with Gasteiger partial charge in [0.1, 0.15) is 5.82 Å². The Balaban J connectivity index is 2.22. The van der Waals surface area contributed by atoms with Gasteiger partial charge >= 0.3 is 0 Å². The highest BCUT2D eigenvalue weighted by atomic mass is 32.2. The summed E-state index contributed by atoms with van der Waals surface area (Å²) in [6.45, 7) is 7.78. The molecule has 19 heavy (non-hydrogen) atoms. The van der Waals surface area contributed by atoms with Crippen molar-refractivity contribution in [2.75, 3.05) is 0 Å². The zero-order valence-electron chi connectivity index (χ0n) is 11.5. The van der Waals surface area contributed by atoms with Crippen molar-refractivity contribution in [3.63, 3.8) is 0 Å². The molecule has 2 atom stereocenters. The SMILES string of the molecule is C[C@@H](NS(=O)C(C)(C)C)c1cc2cc(F)ccc2s1. The van der Waals surface area contributed by atoms with Crippen molar-refractivity contribution in [1.82, 2.24) is 4.72 Å². The van der Waals surface area contributed by atoms with Crippen LogP contribution in [0, 0.1) is 5.82 Å². The molecular weight excluding hydrogens is 281 g/mol. The molecule has 1 heterocycles. The number of benzene rings is 1. The van der Waals surface area contributed by atoms with Crippen LogP contribution in [0.15, 0.2) is 24.3 Å². The Labute approximate surface area is 119 Å². The molecule has 0 saturated carbocycles. The van der Waals surface area contributed by atoms with Crippen LogP contribution in [0.2, 0.25) is 0 Å². The number of hydrogen-bond acceptors (Lipinski definition) is 2. The number of thiophene rings is 1. The molecule has 0 radical (unpaired) electrons. The Kier molecular flexibility index (Phi) is 4.08. The molecule has 1 N–H and O–H groups in total. The number of fused-ring (bicyclic) bond motifs is 1. The molecular formula is C14H18FNOS2. The normalized spacial score (nSPS) is 15.6. The van der Waals surface area contributed by atoms with Crippen LogP contribution in [0.25, 0.3) is 10.1 Å². The Morgan fingerprint density at radius 2 is 2.00 bits per heavy atom. The zero-order valence-corrected chi connectivity index (χ0v) is 13.1. The molecule has 0 amide bonds. The predicted molar refractivity (Wildman–Crippen MR) is 81.2 cm³/mol. The predicted octanol–water partition coefficient (Wildman–Crippen LogP) is 4.15. The third-order valence-electron chi connectivity index (χ3n) is 2.76. The Bertz CT molecular complexity index is 615. The molecule has 1 aromatic carbocycles. The van der Waals surface area contributed by atoms with Gasteiger partial charge in [-0.1, -0.05) is 0 Å². The van der Waals surface area contributed by atoms with Gasteiger partial charge in [-0.15, -0.1) is 11.3 Å². The smallest absolute Gasteiger partial charge is 0.123 e. The molecule has 0 saturated heterocycles. The van der Waals surface area contributed by atoms with E-state index < -0.39 is 11.0 Å². The van der Waals surface area contributed by atoms with Gasteiger partial charge in [-0.3, -0.25) is 0 Å². The summed E-state index contributed by atoms with van der Waals surface area (Å²) in [6, 6.07) is 6.73. The molecule has 2 nitrogen and oxygen atoms in total. The van der Waals surface area contributed by atoms with Crippen molar-refractivity contribution < 1.29 is 8.60 Å². The van der Waals surface area contributed by atoms with E-state index in [-0.39, 0.29) is 16.6 Å². The number of hydrogen-bond donors (Lipinski definition) is 1. The van der Waals surface area contributed by atoms with Gasteiger partial charge in [0.2, 0.25) is 0 Å². The zero-order chi connectivity index (χ0) is 14.2. The fraction of sp³-hybridized carbons (Fsp3) is 0.429. The van der Waals surface area contributed by atoms with E-state index in [2.05, 4.69) is 4.72 Å². The lowest BCUT2D eigenvalue weighted by Gasteiger charge is -2.21. The van der Waals surface area contributed by atoms with E-state index >= 15 is 0 Å². The van der Waals surface area contributed by atoms with E-state index in [0.29, 0.717) is 0 Å².